The van der Waals surface area contributed by atoms with Crippen LogP contribution in [-0.4, -0.2) is 31.1 Å². The lowest BCUT2D eigenvalue weighted by Gasteiger charge is -2.13. The van der Waals surface area contributed by atoms with Crippen LogP contribution in [0.4, 0.5) is 0 Å². The number of aromatic nitrogens is 1. The molecule has 0 saturated carbocycles. The number of hydrogen-bond donors (Lipinski definition) is 2. The molecule has 0 radical (unpaired) electrons. The van der Waals surface area contributed by atoms with E-state index in [-0.39, 0.29) is 0 Å². The number of aryl methyl sites for hydroxylation is 3. The summed E-state index contributed by atoms with van der Waals surface area (Å²) in [5, 5.41) is 7.63. The lowest BCUT2D eigenvalue weighted by Crippen LogP contribution is -2.37. The van der Waals surface area contributed by atoms with Gasteiger partial charge in [-0.3, -0.25) is 4.99 Å². The molecule has 0 atom stereocenters. The van der Waals surface area contributed by atoms with E-state index in [0.717, 1.165) is 29.7 Å². The monoisotopic (exact) mass is 346 g/mol. The molecule has 6 heteroatoms. The highest BCUT2D eigenvalue weighted by atomic mass is 32.1. The highest BCUT2D eigenvalue weighted by Gasteiger charge is 2.04. The van der Waals surface area contributed by atoms with Gasteiger partial charge in [0, 0.05) is 24.7 Å². The van der Waals surface area contributed by atoms with Crippen LogP contribution in [0.1, 0.15) is 27.4 Å². The number of para-hydroxylation sites is 1. The van der Waals surface area contributed by atoms with Crippen LogP contribution in [0.5, 0.6) is 5.75 Å². The van der Waals surface area contributed by atoms with Crippen LogP contribution in [0.2, 0.25) is 0 Å². The Morgan fingerprint density at radius 3 is 2.58 bits per heavy atom. The van der Waals surface area contributed by atoms with E-state index in [0.29, 0.717) is 13.2 Å². The normalized spacial score (nSPS) is 11.4. The second kappa shape index (κ2) is 9.27. The first-order valence-corrected chi connectivity index (χ1v) is 8.96. The molecule has 2 N–H and O–H groups in total. The quantitative estimate of drug-likeness (QED) is 0.459. The van der Waals surface area contributed by atoms with Crippen LogP contribution >= 0.6 is 11.3 Å². The molecule has 24 heavy (non-hydrogen) atoms. The van der Waals surface area contributed by atoms with Crippen molar-refractivity contribution < 1.29 is 4.74 Å². The average Bonchev–Trinajstić information content (AvgIpc) is 2.98. The third-order valence-corrected chi connectivity index (χ3v) is 4.48. The molecule has 0 unspecified atom stereocenters. The number of thiazole rings is 1. The summed E-state index contributed by atoms with van der Waals surface area (Å²) in [6, 6.07) is 6.21. The summed E-state index contributed by atoms with van der Waals surface area (Å²) in [6.07, 6.45) is 2.80. The van der Waals surface area contributed by atoms with E-state index >= 15 is 0 Å². The van der Waals surface area contributed by atoms with Crippen molar-refractivity contribution in [3.63, 3.8) is 0 Å². The lowest BCUT2D eigenvalue weighted by molar-refractivity contribution is 0.307. The molecule has 0 aliphatic heterocycles. The molecular weight excluding hydrogens is 320 g/mol. The molecular formula is C18H26N4OS. The molecule has 0 saturated heterocycles. The molecule has 0 amide bonds. The molecule has 2 rings (SSSR count). The highest BCUT2D eigenvalue weighted by molar-refractivity contribution is 7.11. The SMILES string of the molecule is CN=C(NCCCOc1c(C)cccc1C)NCc1ncc(C)s1. The van der Waals surface area contributed by atoms with Crippen LogP contribution in [0.25, 0.3) is 0 Å². The van der Waals surface area contributed by atoms with Crippen molar-refractivity contribution in [1.29, 1.82) is 0 Å². The van der Waals surface area contributed by atoms with Gasteiger partial charge in [0.25, 0.3) is 0 Å². The molecule has 0 bridgehead atoms. The minimum absolute atomic E-state index is 0.682. The van der Waals surface area contributed by atoms with Gasteiger partial charge in [-0.05, 0) is 38.3 Å². The predicted molar refractivity (Wildman–Crippen MR) is 101 cm³/mol. The van der Waals surface area contributed by atoms with Crippen molar-refractivity contribution in [2.24, 2.45) is 4.99 Å². The largest absolute Gasteiger partial charge is 0.493 e. The van der Waals surface area contributed by atoms with Gasteiger partial charge in [0.05, 0.1) is 13.2 Å². The Morgan fingerprint density at radius 2 is 1.96 bits per heavy atom. The topological polar surface area (TPSA) is 58.5 Å². The molecule has 0 spiro atoms. The zero-order chi connectivity index (χ0) is 17.4. The summed E-state index contributed by atoms with van der Waals surface area (Å²) in [7, 11) is 1.77. The summed E-state index contributed by atoms with van der Waals surface area (Å²) >= 11 is 1.70. The van der Waals surface area contributed by atoms with E-state index in [9.17, 15) is 0 Å². The second-order valence-electron chi connectivity index (χ2n) is 5.64. The summed E-state index contributed by atoms with van der Waals surface area (Å²) < 4.78 is 5.91. The van der Waals surface area contributed by atoms with Crippen molar-refractivity contribution in [3.8, 4) is 5.75 Å². The highest BCUT2D eigenvalue weighted by Crippen LogP contribution is 2.22. The van der Waals surface area contributed by atoms with Gasteiger partial charge in [-0.2, -0.15) is 0 Å². The molecule has 1 heterocycles. The van der Waals surface area contributed by atoms with Crippen molar-refractivity contribution >= 4 is 17.3 Å². The Balaban J connectivity index is 1.67. The number of guanidine groups is 1. The van der Waals surface area contributed by atoms with Crippen LogP contribution in [0.3, 0.4) is 0 Å². The van der Waals surface area contributed by atoms with Gasteiger partial charge in [0.2, 0.25) is 0 Å². The van der Waals surface area contributed by atoms with Gasteiger partial charge in [0.1, 0.15) is 10.8 Å². The number of ether oxygens (including phenoxy) is 1. The van der Waals surface area contributed by atoms with E-state index in [1.54, 1.807) is 18.4 Å². The number of hydrogen-bond acceptors (Lipinski definition) is 4. The average molecular weight is 347 g/mol. The standard InChI is InChI=1S/C18H26N4OS/c1-13-7-5-8-14(2)17(13)23-10-6-9-20-18(19-4)22-12-16-21-11-15(3)24-16/h5,7-8,11H,6,9-10,12H2,1-4H3,(H2,19,20,22). The second-order valence-corrected chi connectivity index (χ2v) is 6.96. The van der Waals surface area contributed by atoms with E-state index in [2.05, 4.69) is 59.6 Å². The number of nitrogens with one attached hydrogen (secondary N) is 2. The third kappa shape index (κ3) is 5.53. The summed E-state index contributed by atoms with van der Waals surface area (Å²) in [4.78, 5) is 9.78. The van der Waals surface area contributed by atoms with E-state index in [1.807, 2.05) is 6.20 Å². The third-order valence-electron chi connectivity index (χ3n) is 3.57. The van der Waals surface area contributed by atoms with Gasteiger partial charge < -0.3 is 15.4 Å². The van der Waals surface area contributed by atoms with Crippen LogP contribution in [0, 0.1) is 20.8 Å². The molecule has 0 aliphatic carbocycles. The minimum atomic E-state index is 0.682. The van der Waals surface area contributed by atoms with Gasteiger partial charge in [-0.25, -0.2) is 4.98 Å². The summed E-state index contributed by atoms with van der Waals surface area (Å²) in [5.41, 5.74) is 2.36. The number of nitrogens with zero attached hydrogens (tertiary/aromatic N) is 2. The molecule has 1 aromatic heterocycles. The Bertz CT molecular complexity index is 661. The first-order valence-electron chi connectivity index (χ1n) is 8.15. The summed E-state index contributed by atoms with van der Waals surface area (Å²) in [5.74, 6) is 1.79. The number of benzene rings is 1. The molecule has 2 aromatic rings. The fraction of sp³-hybridized carbons (Fsp3) is 0.444. The van der Waals surface area contributed by atoms with Gasteiger partial charge in [-0.15, -0.1) is 11.3 Å². The fourth-order valence-corrected chi connectivity index (χ4v) is 3.07. The predicted octanol–water partition coefficient (Wildman–Crippen LogP) is 3.20. The maximum atomic E-state index is 5.91. The maximum Gasteiger partial charge on any atom is 0.191 e. The van der Waals surface area contributed by atoms with Crippen molar-refractivity contribution in [2.75, 3.05) is 20.2 Å². The zero-order valence-electron chi connectivity index (χ0n) is 14.8. The van der Waals surface area contributed by atoms with Crippen molar-refractivity contribution in [3.05, 3.63) is 45.4 Å². The minimum Gasteiger partial charge on any atom is -0.493 e. The van der Waals surface area contributed by atoms with Gasteiger partial charge in [0.15, 0.2) is 5.96 Å². The Labute approximate surface area is 148 Å². The molecule has 1 aromatic carbocycles. The zero-order valence-corrected chi connectivity index (χ0v) is 15.7. The molecule has 0 fully saturated rings. The first kappa shape index (κ1) is 18.3. The van der Waals surface area contributed by atoms with Crippen LogP contribution in [0.15, 0.2) is 29.4 Å². The number of rotatable bonds is 7. The van der Waals surface area contributed by atoms with Crippen LogP contribution in [-0.2, 0) is 6.54 Å². The molecule has 0 aliphatic rings. The number of aliphatic imine (C=N–C) groups is 1. The van der Waals surface area contributed by atoms with Gasteiger partial charge in [-0.1, -0.05) is 18.2 Å². The van der Waals surface area contributed by atoms with Crippen molar-refractivity contribution in [1.82, 2.24) is 15.6 Å². The first-order chi connectivity index (χ1) is 11.6. The molecule has 130 valence electrons. The maximum absolute atomic E-state index is 5.91. The van der Waals surface area contributed by atoms with Gasteiger partial charge >= 0.3 is 0 Å². The van der Waals surface area contributed by atoms with Crippen LogP contribution < -0.4 is 15.4 Å². The smallest absolute Gasteiger partial charge is 0.191 e. The Morgan fingerprint density at radius 1 is 1.21 bits per heavy atom. The fourth-order valence-electron chi connectivity index (χ4n) is 2.34. The Kier molecular flexibility index (Phi) is 7.06. The van der Waals surface area contributed by atoms with Crippen molar-refractivity contribution in [2.45, 2.75) is 33.7 Å². The molecule has 5 nitrogen and oxygen atoms in total. The van der Waals surface area contributed by atoms with E-state index < -0.39 is 0 Å². The lowest BCUT2D eigenvalue weighted by atomic mass is 10.1. The van der Waals surface area contributed by atoms with E-state index in [1.165, 1.54) is 16.0 Å². The van der Waals surface area contributed by atoms with E-state index in [4.69, 9.17) is 4.74 Å². The Hall–Kier alpha value is -2.08. The summed E-state index contributed by atoms with van der Waals surface area (Å²) in [6.45, 7) is 8.39.